The van der Waals surface area contributed by atoms with E-state index in [0.717, 1.165) is 37.0 Å². The van der Waals surface area contributed by atoms with Gasteiger partial charge < -0.3 is 19.3 Å². The summed E-state index contributed by atoms with van der Waals surface area (Å²) in [5.41, 5.74) is 1.55. The lowest BCUT2D eigenvalue weighted by molar-refractivity contribution is -0.150. The number of likely N-dealkylation sites (N-methyl/N-ethyl adjacent to an activating group) is 1. The highest BCUT2D eigenvalue weighted by atomic mass is 16.5. The van der Waals surface area contributed by atoms with E-state index < -0.39 is 12.1 Å². The maximum absolute atomic E-state index is 11.6. The van der Waals surface area contributed by atoms with Crippen LogP contribution in [0.4, 0.5) is 0 Å². The second-order valence-corrected chi connectivity index (χ2v) is 5.48. The molecule has 2 rings (SSSR count). The third-order valence-corrected chi connectivity index (χ3v) is 3.90. The molecule has 23 heavy (non-hydrogen) atoms. The molecule has 122 valence electrons. The highest BCUT2D eigenvalue weighted by molar-refractivity contribution is 5.89. The average molecular weight is 314 g/mol. The van der Waals surface area contributed by atoms with E-state index >= 15 is 0 Å². The summed E-state index contributed by atoms with van der Waals surface area (Å²) < 4.78 is 6.69. The molecule has 1 N–H and O–H groups in total. The van der Waals surface area contributed by atoms with Crippen molar-refractivity contribution < 1.29 is 14.6 Å². The van der Waals surface area contributed by atoms with Crippen molar-refractivity contribution in [1.29, 1.82) is 0 Å². The zero-order valence-electron chi connectivity index (χ0n) is 13.5. The van der Waals surface area contributed by atoms with Crippen molar-refractivity contribution in [3.05, 3.63) is 36.0 Å². The van der Waals surface area contributed by atoms with Crippen molar-refractivity contribution in [3.63, 3.8) is 0 Å². The number of hydrogen-bond donors (Lipinski definition) is 1. The summed E-state index contributed by atoms with van der Waals surface area (Å²) in [5.74, 6) is 1.98. The van der Waals surface area contributed by atoms with Crippen LogP contribution in [0.3, 0.4) is 0 Å². The number of aromatic nitrogens is 1. The maximum atomic E-state index is 11.6. The van der Waals surface area contributed by atoms with Gasteiger partial charge in [-0.2, -0.15) is 0 Å². The Balaban J connectivity index is 2.24. The number of hydrogen-bond acceptors (Lipinski definition) is 4. The number of methoxy groups -OCH3 is 1. The van der Waals surface area contributed by atoms with Gasteiger partial charge in [0.25, 0.3) is 0 Å². The van der Waals surface area contributed by atoms with Crippen LogP contribution in [-0.4, -0.2) is 47.8 Å². The van der Waals surface area contributed by atoms with Gasteiger partial charge in [0.1, 0.15) is 0 Å². The van der Waals surface area contributed by atoms with Crippen LogP contribution in [-0.2, 0) is 16.1 Å². The van der Waals surface area contributed by atoms with Crippen molar-refractivity contribution in [3.8, 4) is 12.3 Å². The van der Waals surface area contributed by atoms with Gasteiger partial charge in [-0.3, -0.25) is 0 Å². The minimum Gasteiger partial charge on any atom is -0.467 e. The summed E-state index contributed by atoms with van der Waals surface area (Å²) in [6, 6.07) is 7.70. The normalized spacial score (nSPS) is 12.3. The summed E-state index contributed by atoms with van der Waals surface area (Å²) in [5, 5.41) is 11.0. The maximum Gasteiger partial charge on any atom is 0.339 e. The monoisotopic (exact) mass is 314 g/mol. The molecule has 0 aliphatic heterocycles. The molecule has 0 saturated carbocycles. The van der Waals surface area contributed by atoms with Crippen LogP contribution in [0, 0.1) is 12.3 Å². The molecule has 5 nitrogen and oxygen atoms in total. The number of esters is 1. The van der Waals surface area contributed by atoms with Crippen molar-refractivity contribution in [1.82, 2.24) is 9.47 Å². The second kappa shape index (κ2) is 7.82. The summed E-state index contributed by atoms with van der Waals surface area (Å²) >= 11 is 0. The number of nitrogens with zero attached hydrogens (tertiary/aromatic N) is 2. The first-order valence-electron chi connectivity index (χ1n) is 7.54. The molecular formula is C18H22N2O3. The topological polar surface area (TPSA) is 54.7 Å². The molecule has 0 bridgehead atoms. The Morgan fingerprint density at radius 1 is 1.43 bits per heavy atom. The van der Waals surface area contributed by atoms with Gasteiger partial charge in [-0.1, -0.05) is 18.2 Å². The minimum absolute atomic E-state index is 0.568. The van der Waals surface area contributed by atoms with Crippen molar-refractivity contribution in [2.24, 2.45) is 0 Å². The lowest BCUT2D eigenvalue weighted by Gasteiger charge is -2.16. The zero-order chi connectivity index (χ0) is 16.8. The molecule has 0 radical (unpaired) electrons. The molecule has 0 spiro atoms. The fourth-order valence-electron chi connectivity index (χ4n) is 2.56. The number of carbonyl (C=O) groups is 1. The van der Waals surface area contributed by atoms with Crippen molar-refractivity contribution >= 4 is 16.9 Å². The van der Waals surface area contributed by atoms with Gasteiger partial charge in [0.05, 0.1) is 7.11 Å². The van der Waals surface area contributed by atoms with Crippen LogP contribution in [0.25, 0.3) is 10.9 Å². The number of rotatable bonds is 7. The highest BCUT2D eigenvalue weighted by Crippen LogP contribution is 2.27. The molecule has 5 heteroatoms. The van der Waals surface area contributed by atoms with E-state index in [-0.39, 0.29) is 0 Å². The van der Waals surface area contributed by atoms with E-state index in [0.29, 0.717) is 5.56 Å². The fourth-order valence-corrected chi connectivity index (χ4v) is 2.56. The quantitative estimate of drug-likeness (QED) is 0.625. The smallest absolute Gasteiger partial charge is 0.339 e. The lowest BCUT2D eigenvalue weighted by Crippen LogP contribution is -2.24. The van der Waals surface area contributed by atoms with Gasteiger partial charge in [0, 0.05) is 48.7 Å². The molecule has 1 atom stereocenters. The first-order valence-corrected chi connectivity index (χ1v) is 7.54. The van der Waals surface area contributed by atoms with Gasteiger partial charge in [-0.25, -0.2) is 4.79 Å². The third-order valence-electron chi connectivity index (χ3n) is 3.90. The van der Waals surface area contributed by atoms with E-state index in [1.807, 2.05) is 42.1 Å². The summed E-state index contributed by atoms with van der Waals surface area (Å²) in [4.78, 5) is 13.8. The Kier molecular flexibility index (Phi) is 5.80. The third kappa shape index (κ3) is 3.92. The molecule has 0 aliphatic carbocycles. The number of para-hydroxylation sites is 1. The van der Waals surface area contributed by atoms with Gasteiger partial charge in [0.2, 0.25) is 0 Å². The van der Waals surface area contributed by atoms with Crippen molar-refractivity contribution in [2.45, 2.75) is 19.1 Å². The zero-order valence-corrected chi connectivity index (χ0v) is 13.5. The number of aliphatic hydroxyl groups excluding tert-OH is 1. The molecule has 0 aliphatic rings. The Morgan fingerprint density at radius 3 is 2.87 bits per heavy atom. The van der Waals surface area contributed by atoms with Gasteiger partial charge in [0.15, 0.2) is 6.10 Å². The van der Waals surface area contributed by atoms with Crippen LogP contribution in [0.15, 0.2) is 30.5 Å². The minimum atomic E-state index is -1.27. The second-order valence-electron chi connectivity index (χ2n) is 5.48. The first kappa shape index (κ1) is 17.1. The van der Waals surface area contributed by atoms with Crippen LogP contribution in [0.5, 0.6) is 0 Å². The number of carbonyl (C=O) groups excluding carboxylic acids is 1. The predicted molar refractivity (Wildman–Crippen MR) is 89.9 cm³/mol. The Bertz CT molecular complexity index is 715. The fraction of sp³-hybridized carbons (Fsp3) is 0.389. The average Bonchev–Trinajstić information content (AvgIpc) is 2.95. The Morgan fingerprint density at radius 2 is 2.17 bits per heavy atom. The first-order chi connectivity index (χ1) is 11.1. The molecule has 1 unspecified atom stereocenters. The van der Waals surface area contributed by atoms with E-state index in [9.17, 15) is 9.90 Å². The molecule has 2 aromatic rings. The SMILES string of the molecule is C#CCCN(C)CCn1cc(C(O)C(=O)OC)c2ccccc21. The van der Waals surface area contributed by atoms with Crippen LogP contribution >= 0.6 is 0 Å². The summed E-state index contributed by atoms with van der Waals surface area (Å²) in [7, 11) is 3.29. The van der Waals surface area contributed by atoms with E-state index in [1.54, 1.807) is 0 Å². The number of ether oxygens (including phenoxy) is 1. The molecule has 1 aromatic heterocycles. The van der Waals surface area contributed by atoms with Gasteiger partial charge in [-0.05, 0) is 13.1 Å². The van der Waals surface area contributed by atoms with Crippen molar-refractivity contribution in [2.75, 3.05) is 27.2 Å². The molecule has 0 fully saturated rings. The van der Waals surface area contributed by atoms with Crippen LogP contribution in [0.1, 0.15) is 18.1 Å². The molecule has 0 amide bonds. The number of terminal acetylenes is 1. The van der Waals surface area contributed by atoms with E-state index in [1.165, 1.54) is 7.11 Å². The van der Waals surface area contributed by atoms with Gasteiger partial charge >= 0.3 is 5.97 Å². The molecule has 1 heterocycles. The summed E-state index contributed by atoms with van der Waals surface area (Å²) in [6.07, 6.45) is 6.55. The standard InChI is InChI=1S/C18H22N2O3/c1-4-5-10-19(2)11-12-20-13-15(17(21)18(22)23-3)14-8-6-7-9-16(14)20/h1,6-9,13,17,21H,5,10-12H2,2-3H3. The van der Waals surface area contributed by atoms with Crippen LogP contribution in [0.2, 0.25) is 0 Å². The molecule has 0 saturated heterocycles. The molecular weight excluding hydrogens is 292 g/mol. The summed E-state index contributed by atoms with van der Waals surface area (Å²) in [6.45, 7) is 2.41. The van der Waals surface area contributed by atoms with E-state index in [4.69, 9.17) is 6.42 Å². The highest BCUT2D eigenvalue weighted by Gasteiger charge is 2.22. The van der Waals surface area contributed by atoms with Crippen LogP contribution < -0.4 is 0 Å². The van der Waals surface area contributed by atoms with E-state index in [2.05, 4.69) is 15.6 Å². The molecule has 1 aromatic carbocycles. The van der Waals surface area contributed by atoms with Gasteiger partial charge in [-0.15, -0.1) is 12.3 Å². The largest absolute Gasteiger partial charge is 0.467 e. The number of aliphatic hydroxyl groups is 1. The Labute approximate surface area is 136 Å². The number of fused-ring (bicyclic) bond motifs is 1. The number of benzene rings is 1. The predicted octanol–water partition coefficient (Wildman–Crippen LogP) is 1.80. The Hall–Kier alpha value is -2.29. The lowest BCUT2D eigenvalue weighted by atomic mass is 10.1.